The molecule has 6 nitrogen and oxygen atoms in total. The molecule has 0 saturated heterocycles. The average molecular weight is 368 g/mol. The van der Waals surface area contributed by atoms with Crippen molar-refractivity contribution in [3.05, 3.63) is 52.6 Å². The van der Waals surface area contributed by atoms with Gasteiger partial charge in [0.05, 0.1) is 22.3 Å². The minimum atomic E-state index is -0.418. The van der Waals surface area contributed by atoms with Gasteiger partial charge in [-0.15, -0.1) is 0 Å². The van der Waals surface area contributed by atoms with Crippen molar-refractivity contribution in [3.8, 4) is 0 Å². The zero-order valence-corrected chi connectivity index (χ0v) is 15.5. The average Bonchev–Trinajstić information content (AvgIpc) is 3.07. The summed E-state index contributed by atoms with van der Waals surface area (Å²) in [5, 5.41) is 10.6. The highest BCUT2D eigenvalue weighted by Crippen LogP contribution is 2.29. The fraction of sp³-hybridized carbons (Fsp3) is 0.350. The van der Waals surface area contributed by atoms with E-state index in [1.165, 1.54) is 6.20 Å². The lowest BCUT2D eigenvalue weighted by Crippen LogP contribution is -2.25. The Labute approximate surface area is 156 Å². The second-order valence-electron chi connectivity index (χ2n) is 7.80. The molecule has 4 rings (SSSR count). The number of carbonyl (C=O) groups excluding carboxylic acids is 1. The standard InChI is InChI=1S/C20H21FN4O2/c1-20(2,3)17-14-8-12(10-23-19(14)27-25-17)18(26)24-15-5-4-11-9-22-7-6-13(11)16(15)21/h4-5,8,10,22H,6-7,9H2,1-3H3,(H,24,26). The molecule has 1 amide bonds. The Hall–Kier alpha value is -2.80. The van der Waals surface area contributed by atoms with Crippen molar-refractivity contribution in [3.63, 3.8) is 0 Å². The van der Waals surface area contributed by atoms with Gasteiger partial charge >= 0.3 is 0 Å². The van der Waals surface area contributed by atoms with Crippen LogP contribution < -0.4 is 10.6 Å². The monoisotopic (exact) mass is 368 g/mol. The number of rotatable bonds is 2. The van der Waals surface area contributed by atoms with Gasteiger partial charge in [0.15, 0.2) is 0 Å². The SMILES string of the molecule is CC(C)(C)c1noc2ncc(C(=O)Nc3ccc4c(c3F)CCNC4)cc12. The van der Waals surface area contributed by atoms with Crippen LogP contribution in [0.5, 0.6) is 0 Å². The second-order valence-corrected chi connectivity index (χ2v) is 7.80. The summed E-state index contributed by atoms with van der Waals surface area (Å²) in [6.07, 6.45) is 2.02. The summed E-state index contributed by atoms with van der Waals surface area (Å²) in [4.78, 5) is 16.9. The first-order valence-electron chi connectivity index (χ1n) is 8.93. The molecule has 3 heterocycles. The Morgan fingerprint density at radius 2 is 2.15 bits per heavy atom. The number of benzene rings is 1. The molecule has 2 aromatic heterocycles. The molecule has 0 saturated carbocycles. The number of halogens is 1. The first-order valence-corrected chi connectivity index (χ1v) is 8.93. The van der Waals surface area contributed by atoms with Gasteiger partial charge < -0.3 is 15.2 Å². The largest absolute Gasteiger partial charge is 0.336 e. The van der Waals surface area contributed by atoms with Crippen LogP contribution in [0.15, 0.2) is 28.9 Å². The van der Waals surface area contributed by atoms with Crippen molar-refractivity contribution >= 4 is 22.7 Å². The second kappa shape index (κ2) is 6.42. The van der Waals surface area contributed by atoms with E-state index in [2.05, 4.69) is 20.8 Å². The number of amides is 1. The minimum Gasteiger partial charge on any atom is -0.336 e. The highest BCUT2D eigenvalue weighted by Gasteiger charge is 2.24. The predicted molar refractivity (Wildman–Crippen MR) is 100 cm³/mol. The summed E-state index contributed by atoms with van der Waals surface area (Å²) in [7, 11) is 0. The molecule has 0 spiro atoms. The van der Waals surface area contributed by atoms with E-state index in [4.69, 9.17) is 4.52 Å². The van der Waals surface area contributed by atoms with Gasteiger partial charge in [-0.25, -0.2) is 9.37 Å². The maximum Gasteiger partial charge on any atom is 0.257 e. The minimum absolute atomic E-state index is 0.183. The van der Waals surface area contributed by atoms with Gasteiger partial charge in [0.2, 0.25) is 0 Å². The lowest BCUT2D eigenvalue weighted by Gasteiger charge is -2.19. The van der Waals surface area contributed by atoms with E-state index in [1.807, 2.05) is 26.8 Å². The molecule has 0 fully saturated rings. The van der Waals surface area contributed by atoms with Gasteiger partial charge in [-0.1, -0.05) is 32.0 Å². The topological polar surface area (TPSA) is 80.0 Å². The van der Waals surface area contributed by atoms with Crippen LogP contribution in [0.3, 0.4) is 0 Å². The molecule has 0 atom stereocenters. The van der Waals surface area contributed by atoms with Crippen molar-refractivity contribution in [2.45, 2.75) is 39.2 Å². The number of nitrogens with zero attached hydrogens (tertiary/aromatic N) is 2. The third-order valence-corrected chi connectivity index (χ3v) is 4.76. The third-order valence-electron chi connectivity index (χ3n) is 4.76. The van der Waals surface area contributed by atoms with Crippen LogP contribution in [0, 0.1) is 5.82 Å². The van der Waals surface area contributed by atoms with Crippen LogP contribution in [0.4, 0.5) is 10.1 Å². The van der Waals surface area contributed by atoms with Gasteiger partial charge in [-0.3, -0.25) is 4.79 Å². The number of nitrogens with one attached hydrogen (secondary N) is 2. The van der Waals surface area contributed by atoms with Crippen molar-refractivity contribution in [2.24, 2.45) is 0 Å². The number of hydrogen-bond acceptors (Lipinski definition) is 5. The van der Waals surface area contributed by atoms with E-state index in [0.717, 1.165) is 17.8 Å². The fourth-order valence-electron chi connectivity index (χ4n) is 3.32. The number of aromatic nitrogens is 2. The normalized spacial score (nSPS) is 14.2. The van der Waals surface area contributed by atoms with E-state index < -0.39 is 5.91 Å². The maximum atomic E-state index is 14.8. The molecular weight excluding hydrogens is 347 g/mol. The molecule has 0 aliphatic carbocycles. The van der Waals surface area contributed by atoms with Gasteiger partial charge in [0, 0.05) is 18.2 Å². The molecule has 1 aromatic carbocycles. The van der Waals surface area contributed by atoms with Crippen molar-refractivity contribution < 1.29 is 13.7 Å². The van der Waals surface area contributed by atoms with Crippen LogP contribution in [-0.2, 0) is 18.4 Å². The van der Waals surface area contributed by atoms with E-state index in [9.17, 15) is 9.18 Å². The number of anilines is 1. The molecular formula is C20H21FN4O2. The van der Waals surface area contributed by atoms with Crippen LogP contribution >= 0.6 is 0 Å². The molecule has 0 bridgehead atoms. The Bertz CT molecular complexity index is 1040. The quantitative estimate of drug-likeness (QED) is 0.723. The summed E-state index contributed by atoms with van der Waals surface area (Å²) < 4.78 is 20.0. The molecule has 1 aliphatic rings. The Morgan fingerprint density at radius 3 is 2.93 bits per heavy atom. The molecule has 27 heavy (non-hydrogen) atoms. The van der Waals surface area contributed by atoms with Gasteiger partial charge in [-0.2, -0.15) is 0 Å². The zero-order chi connectivity index (χ0) is 19.2. The number of pyridine rings is 1. The Balaban J connectivity index is 1.66. The van der Waals surface area contributed by atoms with Gasteiger partial charge in [0.1, 0.15) is 5.82 Å². The smallest absolute Gasteiger partial charge is 0.257 e. The summed E-state index contributed by atoms with van der Waals surface area (Å²) in [6, 6.07) is 5.14. The van der Waals surface area contributed by atoms with Crippen molar-refractivity contribution in [1.29, 1.82) is 0 Å². The predicted octanol–water partition coefficient (Wildman–Crippen LogP) is 3.56. The van der Waals surface area contributed by atoms with E-state index >= 15 is 0 Å². The van der Waals surface area contributed by atoms with Crippen LogP contribution in [0.1, 0.15) is 48.0 Å². The first kappa shape index (κ1) is 17.6. The number of hydrogen-bond donors (Lipinski definition) is 2. The van der Waals surface area contributed by atoms with Crippen LogP contribution in [0.2, 0.25) is 0 Å². The van der Waals surface area contributed by atoms with E-state index in [0.29, 0.717) is 35.2 Å². The molecule has 2 N–H and O–H groups in total. The Morgan fingerprint density at radius 1 is 1.33 bits per heavy atom. The molecule has 1 aliphatic heterocycles. The fourth-order valence-corrected chi connectivity index (χ4v) is 3.32. The van der Waals surface area contributed by atoms with Crippen LogP contribution in [0.25, 0.3) is 11.1 Å². The molecule has 7 heteroatoms. The Kier molecular flexibility index (Phi) is 4.19. The summed E-state index contributed by atoms with van der Waals surface area (Å²) in [5.41, 5.74) is 2.96. The summed E-state index contributed by atoms with van der Waals surface area (Å²) >= 11 is 0. The van der Waals surface area contributed by atoms with Crippen molar-refractivity contribution in [2.75, 3.05) is 11.9 Å². The van der Waals surface area contributed by atoms with Gasteiger partial charge in [-0.05, 0) is 36.2 Å². The summed E-state index contributed by atoms with van der Waals surface area (Å²) in [5.74, 6) is -0.782. The van der Waals surface area contributed by atoms with E-state index in [1.54, 1.807) is 12.1 Å². The molecule has 0 radical (unpaired) electrons. The number of fused-ring (bicyclic) bond motifs is 2. The highest BCUT2D eigenvalue weighted by molar-refractivity contribution is 6.05. The number of carbonyl (C=O) groups is 1. The van der Waals surface area contributed by atoms with Crippen molar-refractivity contribution in [1.82, 2.24) is 15.5 Å². The first-order chi connectivity index (χ1) is 12.8. The molecule has 140 valence electrons. The van der Waals surface area contributed by atoms with E-state index in [-0.39, 0.29) is 16.9 Å². The molecule has 0 unspecified atom stereocenters. The summed E-state index contributed by atoms with van der Waals surface area (Å²) in [6.45, 7) is 7.40. The van der Waals surface area contributed by atoms with Gasteiger partial charge in [0.25, 0.3) is 11.6 Å². The third kappa shape index (κ3) is 3.19. The lowest BCUT2D eigenvalue weighted by atomic mass is 9.90. The highest BCUT2D eigenvalue weighted by atomic mass is 19.1. The lowest BCUT2D eigenvalue weighted by molar-refractivity contribution is 0.102. The van der Waals surface area contributed by atoms with Crippen LogP contribution in [-0.4, -0.2) is 22.6 Å². The molecule has 3 aromatic rings. The zero-order valence-electron chi connectivity index (χ0n) is 15.5. The maximum absolute atomic E-state index is 14.8.